The van der Waals surface area contributed by atoms with E-state index in [9.17, 15) is 4.79 Å². The van der Waals surface area contributed by atoms with Crippen LogP contribution in [0.15, 0.2) is 28.7 Å². The topological polar surface area (TPSA) is 68.3 Å². The molecule has 1 unspecified atom stereocenters. The van der Waals surface area contributed by atoms with E-state index in [4.69, 9.17) is 10.2 Å². The Morgan fingerprint density at radius 3 is 2.40 bits per heavy atom. The summed E-state index contributed by atoms with van der Waals surface area (Å²) in [4.78, 5) is 12.4. The molecule has 106 valence electrons. The van der Waals surface area contributed by atoms with Crippen molar-refractivity contribution >= 4 is 11.6 Å². The zero-order chi connectivity index (χ0) is 14.9. The number of nitrogens with one attached hydrogen (secondary N) is 1. The Morgan fingerprint density at radius 1 is 1.20 bits per heavy atom. The molecule has 2 aromatic rings. The zero-order valence-electron chi connectivity index (χ0n) is 12.3. The highest BCUT2D eigenvalue weighted by Crippen LogP contribution is 2.25. The van der Waals surface area contributed by atoms with Gasteiger partial charge in [-0.25, -0.2) is 0 Å². The summed E-state index contributed by atoms with van der Waals surface area (Å²) >= 11 is 0. The fourth-order valence-corrected chi connectivity index (χ4v) is 2.32. The molecule has 4 nitrogen and oxygen atoms in total. The molecule has 20 heavy (non-hydrogen) atoms. The third kappa shape index (κ3) is 2.60. The van der Waals surface area contributed by atoms with Crippen molar-refractivity contribution in [2.75, 3.05) is 5.32 Å². The van der Waals surface area contributed by atoms with Gasteiger partial charge >= 0.3 is 0 Å². The highest BCUT2D eigenvalue weighted by atomic mass is 16.3. The maximum absolute atomic E-state index is 12.4. The van der Waals surface area contributed by atoms with Gasteiger partial charge in [-0.1, -0.05) is 18.2 Å². The van der Waals surface area contributed by atoms with Gasteiger partial charge in [-0.15, -0.1) is 0 Å². The molecule has 4 heteroatoms. The van der Waals surface area contributed by atoms with Crippen LogP contribution in [0.3, 0.4) is 0 Å². The Labute approximate surface area is 119 Å². The Morgan fingerprint density at radius 2 is 1.85 bits per heavy atom. The number of amides is 1. The molecule has 0 radical (unpaired) electrons. The second kappa shape index (κ2) is 5.51. The van der Waals surface area contributed by atoms with Crippen LogP contribution in [-0.2, 0) is 0 Å². The Bertz CT molecular complexity index is 642. The van der Waals surface area contributed by atoms with Crippen LogP contribution in [0.2, 0.25) is 0 Å². The Balaban J connectivity index is 2.33. The first kappa shape index (κ1) is 14.3. The van der Waals surface area contributed by atoms with Gasteiger partial charge in [0.25, 0.3) is 5.91 Å². The molecule has 3 N–H and O–H groups in total. The maximum Gasteiger partial charge on any atom is 0.259 e. The van der Waals surface area contributed by atoms with Crippen molar-refractivity contribution in [1.82, 2.24) is 0 Å². The quantitative estimate of drug-likeness (QED) is 0.898. The number of carbonyl (C=O) groups excluding carboxylic acids is 1. The summed E-state index contributed by atoms with van der Waals surface area (Å²) in [5, 5.41) is 2.92. The van der Waals surface area contributed by atoms with Crippen molar-refractivity contribution in [1.29, 1.82) is 0 Å². The van der Waals surface area contributed by atoms with Crippen LogP contribution in [0.25, 0.3) is 0 Å². The van der Waals surface area contributed by atoms with E-state index in [-0.39, 0.29) is 11.9 Å². The smallest absolute Gasteiger partial charge is 0.259 e. The lowest BCUT2D eigenvalue weighted by atomic mass is 10.1. The predicted octanol–water partition coefficient (Wildman–Crippen LogP) is 3.48. The SMILES string of the molecule is Cc1oc(C)c(C(=O)Nc2ccccc2C(C)N)c1C. The number of hydrogen-bond donors (Lipinski definition) is 2. The molecular weight excluding hydrogens is 252 g/mol. The summed E-state index contributed by atoms with van der Waals surface area (Å²) < 4.78 is 5.50. The summed E-state index contributed by atoms with van der Waals surface area (Å²) in [6, 6.07) is 7.42. The van der Waals surface area contributed by atoms with Crippen molar-refractivity contribution in [2.24, 2.45) is 5.73 Å². The van der Waals surface area contributed by atoms with Gasteiger partial charge in [-0.05, 0) is 39.3 Å². The Kier molecular flexibility index (Phi) is 3.95. The molecule has 0 saturated carbocycles. The number of furan rings is 1. The first-order valence-electron chi connectivity index (χ1n) is 6.64. The molecule has 0 aliphatic heterocycles. The number of anilines is 1. The molecule has 1 aromatic heterocycles. The minimum Gasteiger partial charge on any atom is -0.466 e. The molecule has 1 heterocycles. The number of carbonyl (C=O) groups is 1. The van der Waals surface area contributed by atoms with Gasteiger partial charge in [0.15, 0.2) is 0 Å². The van der Waals surface area contributed by atoms with E-state index < -0.39 is 0 Å². The Hall–Kier alpha value is -2.07. The largest absolute Gasteiger partial charge is 0.466 e. The fraction of sp³-hybridized carbons (Fsp3) is 0.312. The van der Waals surface area contributed by atoms with Crippen molar-refractivity contribution in [3.05, 3.63) is 52.5 Å². The van der Waals surface area contributed by atoms with E-state index in [0.717, 1.165) is 22.6 Å². The standard InChI is InChI=1S/C16H20N2O2/c1-9-11(3)20-12(4)15(9)16(19)18-14-8-6-5-7-13(14)10(2)17/h5-8,10H,17H2,1-4H3,(H,18,19). The van der Waals surface area contributed by atoms with E-state index in [1.807, 2.05) is 45.0 Å². The van der Waals surface area contributed by atoms with E-state index in [2.05, 4.69) is 5.32 Å². The summed E-state index contributed by atoms with van der Waals surface area (Å²) in [5.41, 5.74) is 9.05. The minimum atomic E-state index is -0.162. The first-order chi connectivity index (χ1) is 9.41. The van der Waals surface area contributed by atoms with Gasteiger partial charge < -0.3 is 15.5 Å². The molecule has 0 fully saturated rings. The van der Waals surface area contributed by atoms with Crippen LogP contribution in [0.4, 0.5) is 5.69 Å². The van der Waals surface area contributed by atoms with E-state index >= 15 is 0 Å². The summed E-state index contributed by atoms with van der Waals surface area (Å²) in [6.07, 6.45) is 0. The third-order valence-electron chi connectivity index (χ3n) is 3.49. The summed E-state index contributed by atoms with van der Waals surface area (Å²) in [6.45, 7) is 7.43. The van der Waals surface area contributed by atoms with E-state index in [1.54, 1.807) is 6.92 Å². The zero-order valence-corrected chi connectivity index (χ0v) is 12.3. The number of rotatable bonds is 3. The number of benzene rings is 1. The van der Waals surface area contributed by atoms with Crippen LogP contribution < -0.4 is 11.1 Å². The number of para-hydroxylation sites is 1. The van der Waals surface area contributed by atoms with Crippen molar-refractivity contribution < 1.29 is 9.21 Å². The molecule has 1 aromatic carbocycles. The van der Waals surface area contributed by atoms with Gasteiger partial charge in [-0.2, -0.15) is 0 Å². The van der Waals surface area contributed by atoms with Crippen molar-refractivity contribution in [2.45, 2.75) is 33.7 Å². The van der Waals surface area contributed by atoms with E-state index in [1.165, 1.54) is 0 Å². The first-order valence-corrected chi connectivity index (χ1v) is 6.64. The molecule has 0 spiro atoms. The molecule has 2 rings (SSSR count). The van der Waals surface area contributed by atoms with Gasteiger partial charge in [0.05, 0.1) is 5.56 Å². The summed E-state index contributed by atoms with van der Waals surface area (Å²) in [5.74, 6) is 1.24. The van der Waals surface area contributed by atoms with Crippen LogP contribution in [0.1, 0.15) is 46.0 Å². The van der Waals surface area contributed by atoms with Crippen molar-refractivity contribution in [3.63, 3.8) is 0 Å². The molecule has 1 atom stereocenters. The van der Waals surface area contributed by atoms with Gasteiger partial charge in [0.1, 0.15) is 11.5 Å². The third-order valence-corrected chi connectivity index (χ3v) is 3.49. The minimum absolute atomic E-state index is 0.139. The van der Waals surface area contributed by atoms with Crippen molar-refractivity contribution in [3.8, 4) is 0 Å². The number of nitrogens with two attached hydrogens (primary N) is 1. The molecule has 0 aliphatic rings. The lowest BCUT2D eigenvalue weighted by Gasteiger charge is -2.13. The van der Waals surface area contributed by atoms with Gasteiger partial charge in [0.2, 0.25) is 0 Å². The van der Waals surface area contributed by atoms with Crippen LogP contribution in [0.5, 0.6) is 0 Å². The average Bonchev–Trinajstić information content (AvgIpc) is 2.63. The lowest BCUT2D eigenvalue weighted by molar-refractivity contribution is 0.102. The number of aryl methyl sites for hydroxylation is 2. The average molecular weight is 272 g/mol. The van der Waals surface area contributed by atoms with E-state index in [0.29, 0.717) is 11.3 Å². The molecular formula is C16H20N2O2. The lowest BCUT2D eigenvalue weighted by Crippen LogP contribution is -2.17. The second-order valence-corrected chi connectivity index (χ2v) is 5.04. The summed E-state index contributed by atoms with van der Waals surface area (Å²) in [7, 11) is 0. The highest BCUT2D eigenvalue weighted by molar-refractivity contribution is 6.06. The molecule has 0 aliphatic carbocycles. The molecule has 0 bridgehead atoms. The number of hydrogen-bond acceptors (Lipinski definition) is 3. The van der Waals surface area contributed by atoms with Crippen LogP contribution in [-0.4, -0.2) is 5.91 Å². The van der Waals surface area contributed by atoms with Gasteiger partial charge in [0, 0.05) is 17.3 Å². The normalized spacial score (nSPS) is 12.2. The maximum atomic E-state index is 12.4. The molecule has 0 saturated heterocycles. The molecule has 1 amide bonds. The monoisotopic (exact) mass is 272 g/mol. The highest BCUT2D eigenvalue weighted by Gasteiger charge is 2.19. The predicted molar refractivity (Wildman–Crippen MR) is 79.9 cm³/mol. The van der Waals surface area contributed by atoms with Crippen LogP contribution >= 0.6 is 0 Å². The van der Waals surface area contributed by atoms with Gasteiger partial charge in [-0.3, -0.25) is 4.79 Å². The second-order valence-electron chi connectivity index (χ2n) is 5.04. The van der Waals surface area contributed by atoms with Crippen LogP contribution in [0, 0.1) is 20.8 Å². The fourth-order valence-electron chi connectivity index (χ4n) is 2.32.